The molecule has 0 bridgehead atoms. The van der Waals surface area contributed by atoms with Gasteiger partial charge >= 0.3 is 0 Å². The predicted molar refractivity (Wildman–Crippen MR) is 51.9 cm³/mol. The molecule has 0 amide bonds. The Morgan fingerprint density at radius 1 is 1.00 bits per heavy atom. The van der Waals surface area contributed by atoms with Crippen molar-refractivity contribution < 1.29 is 25.5 Å². The average Bonchev–Trinajstić information content (AvgIpc) is 2.24. The smallest absolute Gasteiger partial charge is 0.136 e. The Kier molecular flexibility index (Phi) is 4.45. The molecule has 6 nitrogen and oxygen atoms in total. The van der Waals surface area contributed by atoms with E-state index in [-0.39, 0.29) is 6.61 Å². The first kappa shape index (κ1) is 12.8. The van der Waals surface area contributed by atoms with Crippen LogP contribution in [0.25, 0.3) is 0 Å². The molecule has 1 unspecified atom stereocenters. The Labute approximate surface area is 88.4 Å². The maximum absolute atomic E-state index is 9.65. The van der Waals surface area contributed by atoms with Gasteiger partial charge in [-0.05, 0) is 6.42 Å². The molecule has 15 heavy (non-hydrogen) atoms. The van der Waals surface area contributed by atoms with E-state index in [2.05, 4.69) is 0 Å². The van der Waals surface area contributed by atoms with Crippen molar-refractivity contribution in [2.45, 2.75) is 43.9 Å². The molecule has 1 aliphatic rings. The van der Waals surface area contributed by atoms with Gasteiger partial charge in [0.05, 0.1) is 12.6 Å². The zero-order chi connectivity index (χ0) is 11.6. The van der Waals surface area contributed by atoms with Gasteiger partial charge < -0.3 is 25.5 Å². The standard InChI is InChI=1S/C9H19NO5/c1-2-3-10-5(4-11)6(12)7(13)8(14)9(10)15/h5-9,11-15H,2-4H2,1H3/t5-,6+,7+,8-,9?/m1/s1. The number of hydrogen-bond acceptors (Lipinski definition) is 6. The van der Waals surface area contributed by atoms with Crippen molar-refractivity contribution in [3.05, 3.63) is 0 Å². The molecule has 1 rings (SSSR count). The van der Waals surface area contributed by atoms with E-state index in [1.54, 1.807) is 0 Å². The van der Waals surface area contributed by atoms with Gasteiger partial charge in [0.25, 0.3) is 0 Å². The average molecular weight is 221 g/mol. The van der Waals surface area contributed by atoms with Crippen molar-refractivity contribution in [1.29, 1.82) is 0 Å². The highest BCUT2D eigenvalue weighted by atomic mass is 16.4. The second-order valence-corrected chi connectivity index (χ2v) is 3.87. The number of likely N-dealkylation sites (tertiary alicyclic amines) is 1. The molecule has 90 valence electrons. The van der Waals surface area contributed by atoms with E-state index in [0.29, 0.717) is 13.0 Å². The van der Waals surface area contributed by atoms with Crippen molar-refractivity contribution in [1.82, 2.24) is 4.90 Å². The lowest BCUT2D eigenvalue weighted by Gasteiger charge is -2.46. The van der Waals surface area contributed by atoms with E-state index in [9.17, 15) is 20.4 Å². The number of piperidine rings is 1. The monoisotopic (exact) mass is 221 g/mol. The van der Waals surface area contributed by atoms with Crippen molar-refractivity contribution in [3.8, 4) is 0 Å². The van der Waals surface area contributed by atoms with Crippen LogP contribution < -0.4 is 0 Å². The first-order valence-corrected chi connectivity index (χ1v) is 5.13. The number of nitrogens with zero attached hydrogens (tertiary/aromatic N) is 1. The Morgan fingerprint density at radius 3 is 2.07 bits per heavy atom. The molecule has 0 aromatic heterocycles. The minimum atomic E-state index is -1.43. The Hall–Kier alpha value is -0.240. The number of hydrogen-bond donors (Lipinski definition) is 5. The summed E-state index contributed by atoms with van der Waals surface area (Å²) in [5.41, 5.74) is 0. The fraction of sp³-hybridized carbons (Fsp3) is 1.00. The molecule has 5 N–H and O–H groups in total. The first-order chi connectivity index (χ1) is 7.04. The summed E-state index contributed by atoms with van der Waals surface area (Å²) in [5, 5.41) is 47.2. The molecule has 0 aliphatic carbocycles. The molecule has 0 aromatic carbocycles. The van der Waals surface area contributed by atoms with Crippen LogP contribution in [0.5, 0.6) is 0 Å². The predicted octanol–water partition coefficient (Wildman–Crippen LogP) is -2.53. The van der Waals surface area contributed by atoms with Crippen LogP contribution in [0.1, 0.15) is 13.3 Å². The molecule has 0 saturated carbocycles. The normalized spacial score (nSPS) is 43.2. The second kappa shape index (κ2) is 5.20. The summed E-state index contributed by atoms with van der Waals surface area (Å²) in [6.45, 7) is 1.94. The fourth-order valence-corrected chi connectivity index (χ4v) is 1.96. The van der Waals surface area contributed by atoms with Gasteiger partial charge in [-0.25, -0.2) is 0 Å². The highest BCUT2D eigenvalue weighted by Gasteiger charge is 2.46. The van der Waals surface area contributed by atoms with Crippen LogP contribution in [0, 0.1) is 0 Å². The summed E-state index contributed by atoms with van der Waals surface area (Å²) in [7, 11) is 0. The van der Waals surface area contributed by atoms with E-state index in [4.69, 9.17) is 5.11 Å². The summed E-state index contributed by atoms with van der Waals surface area (Å²) in [5.74, 6) is 0. The molecule has 5 atom stereocenters. The van der Waals surface area contributed by atoms with Gasteiger partial charge in [0, 0.05) is 6.54 Å². The molecule has 1 aliphatic heterocycles. The van der Waals surface area contributed by atoms with Crippen LogP contribution in [0.4, 0.5) is 0 Å². The second-order valence-electron chi connectivity index (χ2n) is 3.87. The number of aliphatic hydroxyl groups excluding tert-OH is 5. The molecule has 0 radical (unpaired) electrons. The third-order valence-corrected chi connectivity index (χ3v) is 2.83. The molecule has 6 heteroatoms. The topological polar surface area (TPSA) is 104 Å². The van der Waals surface area contributed by atoms with E-state index in [0.717, 1.165) is 0 Å². The van der Waals surface area contributed by atoms with Crippen LogP contribution >= 0.6 is 0 Å². The summed E-state index contributed by atoms with van der Waals surface area (Å²) in [6.07, 6.45) is -4.62. The van der Waals surface area contributed by atoms with Gasteiger partial charge in [0.1, 0.15) is 24.5 Å². The van der Waals surface area contributed by atoms with Crippen molar-refractivity contribution in [3.63, 3.8) is 0 Å². The third kappa shape index (κ3) is 2.30. The lowest BCUT2D eigenvalue weighted by molar-refractivity contribution is -0.222. The molecule has 1 heterocycles. The van der Waals surface area contributed by atoms with Gasteiger partial charge in [-0.1, -0.05) is 6.92 Å². The van der Waals surface area contributed by atoms with Gasteiger partial charge in [-0.2, -0.15) is 0 Å². The lowest BCUT2D eigenvalue weighted by Crippen LogP contribution is -2.67. The highest BCUT2D eigenvalue weighted by molar-refractivity contribution is 4.96. The van der Waals surface area contributed by atoms with Gasteiger partial charge in [0.15, 0.2) is 0 Å². The van der Waals surface area contributed by atoms with E-state index in [1.807, 2.05) is 6.92 Å². The zero-order valence-electron chi connectivity index (χ0n) is 8.69. The van der Waals surface area contributed by atoms with Crippen molar-refractivity contribution in [2.24, 2.45) is 0 Å². The number of rotatable bonds is 3. The van der Waals surface area contributed by atoms with Crippen molar-refractivity contribution >= 4 is 0 Å². The van der Waals surface area contributed by atoms with Gasteiger partial charge in [-0.3, -0.25) is 4.90 Å². The third-order valence-electron chi connectivity index (χ3n) is 2.83. The Bertz CT molecular complexity index is 203. The molecular weight excluding hydrogens is 202 g/mol. The molecule has 0 aromatic rings. The molecule has 1 saturated heterocycles. The fourth-order valence-electron chi connectivity index (χ4n) is 1.96. The SMILES string of the molecule is CCCN1C(O)[C@H](O)[C@@H](O)[C@@H](O)[C@H]1CO. The van der Waals surface area contributed by atoms with Crippen molar-refractivity contribution in [2.75, 3.05) is 13.2 Å². The maximum Gasteiger partial charge on any atom is 0.136 e. The minimum Gasteiger partial charge on any atom is -0.395 e. The van der Waals surface area contributed by atoms with E-state index < -0.39 is 30.6 Å². The van der Waals surface area contributed by atoms with E-state index in [1.165, 1.54) is 4.90 Å². The molecule has 1 fully saturated rings. The Morgan fingerprint density at radius 2 is 1.60 bits per heavy atom. The maximum atomic E-state index is 9.65. The van der Waals surface area contributed by atoms with Crippen LogP contribution in [0.15, 0.2) is 0 Å². The largest absolute Gasteiger partial charge is 0.395 e. The summed E-state index contributed by atoms with van der Waals surface area (Å²) in [6, 6.07) is -0.738. The Balaban J connectivity index is 2.82. The molecule has 0 spiro atoms. The lowest BCUT2D eigenvalue weighted by atomic mass is 9.92. The first-order valence-electron chi connectivity index (χ1n) is 5.13. The van der Waals surface area contributed by atoms with Gasteiger partial charge in [-0.15, -0.1) is 0 Å². The van der Waals surface area contributed by atoms with E-state index >= 15 is 0 Å². The minimum absolute atomic E-state index is 0.373. The van der Waals surface area contributed by atoms with Crippen LogP contribution in [-0.4, -0.2) is 74.2 Å². The van der Waals surface area contributed by atoms with Crippen LogP contribution in [-0.2, 0) is 0 Å². The molecular formula is C9H19NO5. The summed E-state index contributed by atoms with van der Waals surface area (Å²) in [4.78, 5) is 1.40. The number of aliphatic hydroxyl groups is 5. The summed E-state index contributed by atoms with van der Waals surface area (Å²) < 4.78 is 0. The van der Waals surface area contributed by atoms with Gasteiger partial charge in [0.2, 0.25) is 0 Å². The summed E-state index contributed by atoms with van der Waals surface area (Å²) >= 11 is 0. The zero-order valence-corrected chi connectivity index (χ0v) is 8.69. The van der Waals surface area contributed by atoms with Crippen LogP contribution in [0.2, 0.25) is 0 Å². The highest BCUT2D eigenvalue weighted by Crippen LogP contribution is 2.23. The van der Waals surface area contributed by atoms with Crippen LogP contribution in [0.3, 0.4) is 0 Å². The quantitative estimate of drug-likeness (QED) is 0.360.